The van der Waals surface area contributed by atoms with Crippen LogP contribution in [0.25, 0.3) is 0 Å². The molecule has 0 aliphatic carbocycles. The summed E-state index contributed by atoms with van der Waals surface area (Å²) in [6.07, 6.45) is 1.27. The third-order valence-corrected chi connectivity index (χ3v) is 2.20. The molecule has 0 aliphatic rings. The van der Waals surface area contributed by atoms with E-state index in [-0.39, 0.29) is 19.7 Å². The van der Waals surface area contributed by atoms with Crippen LogP contribution in [0.4, 0.5) is 0 Å². The van der Waals surface area contributed by atoms with E-state index in [4.69, 9.17) is 11.7 Å². The molecule has 0 bridgehead atoms. The fraction of sp³-hybridized carbons (Fsp3) is 1.00. The zero-order valence-corrected chi connectivity index (χ0v) is 11.9. The van der Waals surface area contributed by atoms with Crippen LogP contribution in [0.3, 0.4) is 0 Å². The summed E-state index contributed by atoms with van der Waals surface area (Å²) < 4.78 is 20.0. The summed E-state index contributed by atoms with van der Waals surface area (Å²) in [7, 11) is 4.20. The monoisotopic (exact) mass is 239 g/mol. The van der Waals surface area contributed by atoms with Gasteiger partial charge < -0.3 is 15.5 Å². The number of nitrogens with two attached hydrogens (primary N) is 1. The van der Waals surface area contributed by atoms with E-state index in [2.05, 4.69) is 44.7 Å². The number of hydrogen-bond acceptors (Lipinski definition) is 3. The van der Waals surface area contributed by atoms with E-state index in [1.807, 2.05) is 0 Å². The largest absolute Gasteiger partial charge is 0.329 e. The highest BCUT2D eigenvalue weighted by atomic mass is 15.1. The number of hydrogen-bond donors (Lipinski definition) is 1. The lowest BCUT2D eigenvalue weighted by Crippen LogP contribution is -2.24. The fourth-order valence-electron chi connectivity index (χ4n) is 0.918. The minimum Gasteiger partial charge on any atom is -0.329 e. The third kappa shape index (κ3) is 23.7. The van der Waals surface area contributed by atoms with Crippen LogP contribution in [0.15, 0.2) is 0 Å². The van der Waals surface area contributed by atoms with Gasteiger partial charge in [-0.15, -0.1) is 0 Å². The van der Waals surface area contributed by atoms with Crippen LogP contribution in [0, 0.1) is 0 Å². The average molecular weight is 239 g/mol. The van der Waals surface area contributed by atoms with Gasteiger partial charge in [0.2, 0.25) is 0 Å². The first-order valence-electron chi connectivity index (χ1n) is 7.69. The normalized spacial score (nSPS) is 10.0. The van der Waals surface area contributed by atoms with Crippen LogP contribution in [-0.4, -0.2) is 73.4 Å². The molecule has 0 heterocycles. The summed E-state index contributed by atoms with van der Waals surface area (Å²) in [4.78, 5) is 4.49. The van der Waals surface area contributed by atoms with Gasteiger partial charge in [-0.1, -0.05) is 20.8 Å². The number of nitrogens with zero attached hydrogens (tertiary/aromatic N) is 2. The van der Waals surface area contributed by atoms with Crippen molar-refractivity contribution in [3.8, 4) is 0 Å². The molecule has 0 atom stereocenters. The molecule has 0 spiro atoms. The maximum atomic E-state index is 5.26. The van der Waals surface area contributed by atoms with Crippen molar-refractivity contribution in [2.24, 2.45) is 5.73 Å². The number of rotatable bonds is 6. The van der Waals surface area contributed by atoms with Crippen molar-refractivity contribution in [1.82, 2.24) is 9.80 Å². The van der Waals surface area contributed by atoms with Gasteiger partial charge in [-0.05, 0) is 40.2 Å². The van der Waals surface area contributed by atoms with E-state index >= 15 is 0 Å². The molecule has 0 saturated heterocycles. The Balaban J connectivity index is -0.0000000210. The van der Waals surface area contributed by atoms with Crippen molar-refractivity contribution in [2.75, 3.05) is 46.8 Å². The maximum Gasteiger partial charge on any atom is 0.0101 e. The van der Waals surface area contributed by atoms with E-state index in [1.165, 1.54) is 19.5 Å². The van der Waals surface area contributed by atoms with Crippen molar-refractivity contribution in [3.63, 3.8) is 0 Å². The molecule has 5 heteroatoms. The van der Waals surface area contributed by atoms with Crippen LogP contribution in [0.5, 0.6) is 0 Å². The third-order valence-electron chi connectivity index (χ3n) is 2.20. The van der Waals surface area contributed by atoms with Crippen molar-refractivity contribution in [2.45, 2.75) is 27.2 Å². The van der Waals surface area contributed by atoms with E-state index in [0.717, 1.165) is 19.6 Å². The molecule has 0 saturated carbocycles. The molecule has 0 aromatic heterocycles. The predicted molar refractivity (Wildman–Crippen MR) is 85.7 cm³/mol. The van der Waals surface area contributed by atoms with Crippen LogP contribution in [-0.2, 0) is 0 Å². The van der Waals surface area contributed by atoms with Crippen molar-refractivity contribution >= 4 is 16.8 Å². The molecule has 0 fully saturated rings. The van der Waals surface area contributed by atoms with Gasteiger partial charge in [0.15, 0.2) is 0 Å². The van der Waals surface area contributed by atoms with Gasteiger partial charge in [-0.25, -0.2) is 0 Å². The van der Waals surface area contributed by atoms with E-state index < -0.39 is 0 Å². The second-order valence-electron chi connectivity index (χ2n) is 3.58. The van der Waals surface area contributed by atoms with Crippen LogP contribution < -0.4 is 5.73 Å². The van der Waals surface area contributed by atoms with Crippen LogP contribution in [0.1, 0.15) is 36.0 Å². The summed E-state index contributed by atoms with van der Waals surface area (Å²) in [6.45, 7) is 11.8. The summed E-state index contributed by atoms with van der Waals surface area (Å²) in [5.74, 6) is 0. The van der Waals surface area contributed by atoms with Crippen molar-refractivity contribution in [1.29, 1.82) is 0 Å². The topological polar surface area (TPSA) is 32.5 Å². The minimum absolute atomic E-state index is 0. The van der Waals surface area contributed by atoms with Gasteiger partial charge in [0.25, 0.3) is 0 Å². The van der Waals surface area contributed by atoms with Gasteiger partial charge in [0.05, 0.1) is 0 Å². The lowest BCUT2D eigenvalue weighted by molar-refractivity contribution is 0.353. The molecule has 2 N–H and O–H groups in total. The molecule has 3 nitrogen and oxygen atoms in total. The Labute approximate surface area is 116 Å². The quantitative estimate of drug-likeness (QED) is 0.712. The van der Waals surface area contributed by atoms with Gasteiger partial charge in [0, 0.05) is 38.7 Å². The second kappa shape index (κ2) is 20.4. The standard InChI is InChI=1S/C6H15N.C5H14N2.2B.4H2/c1-4-6-7(3)5-2;1-3-7(2)5-4-6;;;;;;/h4-6H2,1-3H3;3-6H2,1-2H3;;;4*1H/i;;;;2*1+1D;2*1+1. The molecular weight excluding hydrogens is 196 g/mol. The highest BCUT2D eigenvalue weighted by molar-refractivity contribution is 5.76. The number of likely N-dealkylation sites (N-methyl/N-ethyl adjacent to an activating group) is 1. The molecule has 6 radical (unpaired) electrons. The molecule has 16 heavy (non-hydrogen) atoms. The summed E-state index contributed by atoms with van der Waals surface area (Å²) in [5, 5.41) is 0. The predicted octanol–water partition coefficient (Wildman–Crippen LogP) is 1.47. The Morgan fingerprint density at radius 2 is 1.31 bits per heavy atom. The van der Waals surface area contributed by atoms with Gasteiger partial charge >= 0.3 is 0 Å². The summed E-state index contributed by atoms with van der Waals surface area (Å²) >= 11 is 0. The van der Waals surface area contributed by atoms with Crippen LogP contribution in [0.2, 0.25) is 0 Å². The Bertz CT molecular complexity index is 112. The highest BCUT2D eigenvalue weighted by Crippen LogP contribution is 1.82. The molecule has 102 valence electrons. The zero-order valence-electron chi connectivity index (χ0n) is 15.9. The first-order valence-corrected chi connectivity index (χ1v) is 5.69. The summed E-state index contributed by atoms with van der Waals surface area (Å²) in [6, 6.07) is 0. The zero-order chi connectivity index (χ0) is 15.4. The lowest BCUT2D eigenvalue weighted by atomic mass is 10.4. The Morgan fingerprint density at radius 3 is 1.44 bits per heavy atom. The smallest absolute Gasteiger partial charge is 0.0101 e. The highest BCUT2D eigenvalue weighted by Gasteiger charge is 1.87. The molecule has 0 unspecified atom stereocenters. The van der Waals surface area contributed by atoms with E-state index in [9.17, 15) is 0 Å². The Hall–Kier alpha value is 0.00987. The fourth-order valence-corrected chi connectivity index (χ4v) is 0.918. The molecule has 0 aliphatic heterocycles. The van der Waals surface area contributed by atoms with Crippen molar-refractivity contribution < 1.29 is 8.79 Å². The minimum atomic E-state index is 0. The average Bonchev–Trinajstić information content (AvgIpc) is 2.44. The summed E-state index contributed by atoms with van der Waals surface area (Å²) in [5.41, 5.74) is 5.26. The lowest BCUT2D eigenvalue weighted by Gasteiger charge is -2.10. The van der Waals surface area contributed by atoms with Crippen LogP contribution >= 0.6 is 0 Å². The van der Waals surface area contributed by atoms with E-state index in [1.54, 1.807) is 0 Å². The molecule has 0 aromatic rings. The first kappa shape index (κ1) is 18.4. The van der Waals surface area contributed by atoms with Gasteiger partial charge in [0.1, 0.15) is 0 Å². The van der Waals surface area contributed by atoms with Crippen molar-refractivity contribution in [3.05, 3.63) is 0 Å². The second-order valence-corrected chi connectivity index (χ2v) is 3.58. The molecular formula is C11H37B2N3. The van der Waals surface area contributed by atoms with Gasteiger partial charge in [-0.2, -0.15) is 0 Å². The molecule has 0 rings (SSSR count). The maximum absolute atomic E-state index is 5.26. The van der Waals surface area contributed by atoms with Gasteiger partial charge in [-0.3, -0.25) is 0 Å². The molecule has 0 amide bonds. The van der Waals surface area contributed by atoms with E-state index in [0.29, 0.717) is 0 Å². The molecule has 0 aromatic carbocycles. The Kier molecular flexibility index (Phi) is 23.5. The first-order chi connectivity index (χ1) is 8.62. The Morgan fingerprint density at radius 1 is 0.938 bits per heavy atom. The SMILES string of the molecule is CCCN(C)CC.CCN(C)CCN.[2HH].[2HH].[2H][2H].[2H][2H].[B].[B].